The smallest absolute Gasteiger partial charge is 0.300 e. The number of fused-ring (bicyclic) bond motifs is 1. The molecule has 0 atom stereocenters. The molecule has 2 aromatic carbocycles. The zero-order chi connectivity index (χ0) is 20.8. The van der Waals surface area contributed by atoms with Crippen LogP contribution < -0.4 is 4.74 Å². The van der Waals surface area contributed by atoms with Crippen molar-refractivity contribution in [1.29, 1.82) is 0 Å². The zero-order valence-electron chi connectivity index (χ0n) is 16.3. The molecular formula is C20H24N2O6. The highest BCUT2D eigenvalue weighted by molar-refractivity contribution is 5.82. The van der Waals surface area contributed by atoms with Crippen LogP contribution in [0.1, 0.15) is 12.5 Å². The molecule has 0 saturated carbocycles. The van der Waals surface area contributed by atoms with Crippen molar-refractivity contribution in [2.24, 2.45) is 0 Å². The molecule has 0 unspecified atom stereocenters. The van der Waals surface area contributed by atoms with Gasteiger partial charge in [0.2, 0.25) is 5.75 Å². The molecule has 0 spiro atoms. The highest BCUT2D eigenvalue weighted by atomic mass is 16.5. The van der Waals surface area contributed by atoms with Crippen LogP contribution >= 0.6 is 0 Å². The number of hydrogen-bond donors (Lipinski definition) is 3. The Morgan fingerprint density at radius 2 is 1.82 bits per heavy atom. The third-order valence-electron chi connectivity index (χ3n) is 4.13. The summed E-state index contributed by atoms with van der Waals surface area (Å²) in [6.45, 7) is 3.98. The van der Waals surface area contributed by atoms with Gasteiger partial charge in [-0.25, -0.2) is 4.98 Å². The lowest BCUT2D eigenvalue weighted by atomic mass is 10.1. The highest BCUT2D eigenvalue weighted by Crippen LogP contribution is 2.43. The van der Waals surface area contributed by atoms with Crippen LogP contribution in [0.15, 0.2) is 30.3 Å². The minimum atomic E-state index is -0.833. The number of imidazole rings is 1. The Kier molecular flexibility index (Phi) is 6.84. The Bertz CT molecular complexity index is 976. The number of para-hydroxylation sites is 2. The number of methoxy groups -OCH3 is 2. The van der Waals surface area contributed by atoms with Crippen LogP contribution in [0, 0.1) is 6.92 Å². The molecule has 150 valence electrons. The largest absolute Gasteiger partial charge is 0.504 e. The van der Waals surface area contributed by atoms with Gasteiger partial charge in [0.05, 0.1) is 24.8 Å². The molecule has 0 aliphatic rings. The summed E-state index contributed by atoms with van der Waals surface area (Å²) in [7, 11) is 3.10. The topological polar surface area (TPSA) is 114 Å². The number of phenols is 2. The molecule has 3 N–H and O–H groups in total. The normalized spacial score (nSPS) is 10.4. The molecule has 3 rings (SSSR count). The summed E-state index contributed by atoms with van der Waals surface area (Å²) >= 11 is 0. The fourth-order valence-corrected chi connectivity index (χ4v) is 2.81. The third-order valence-corrected chi connectivity index (χ3v) is 4.13. The van der Waals surface area contributed by atoms with E-state index in [1.54, 1.807) is 20.1 Å². The van der Waals surface area contributed by atoms with Gasteiger partial charge in [0.25, 0.3) is 5.97 Å². The maximum atomic E-state index is 10.2. The maximum absolute atomic E-state index is 10.2. The molecule has 0 amide bonds. The molecule has 0 radical (unpaired) electrons. The van der Waals surface area contributed by atoms with E-state index in [4.69, 9.17) is 24.4 Å². The van der Waals surface area contributed by atoms with Crippen molar-refractivity contribution in [1.82, 2.24) is 9.55 Å². The summed E-state index contributed by atoms with van der Waals surface area (Å²) < 4.78 is 12.4. The van der Waals surface area contributed by atoms with Gasteiger partial charge in [0.1, 0.15) is 5.82 Å². The summed E-state index contributed by atoms with van der Waals surface area (Å²) in [5, 5.41) is 27.6. The van der Waals surface area contributed by atoms with E-state index in [0.29, 0.717) is 30.1 Å². The number of phenolic OH excluding ortho intramolecular Hbond substituents is 2. The van der Waals surface area contributed by atoms with Gasteiger partial charge < -0.3 is 29.4 Å². The number of hydrogen-bond acceptors (Lipinski definition) is 6. The molecule has 0 aliphatic carbocycles. The van der Waals surface area contributed by atoms with Crippen LogP contribution in [-0.4, -0.2) is 51.7 Å². The van der Waals surface area contributed by atoms with Crippen molar-refractivity contribution in [2.75, 3.05) is 20.8 Å². The summed E-state index contributed by atoms with van der Waals surface area (Å²) in [5.74, 6) is -0.397. The maximum Gasteiger partial charge on any atom is 0.300 e. The number of aliphatic carboxylic acids is 1. The van der Waals surface area contributed by atoms with E-state index in [-0.39, 0.29) is 17.2 Å². The van der Waals surface area contributed by atoms with Gasteiger partial charge in [-0.3, -0.25) is 4.79 Å². The lowest BCUT2D eigenvalue weighted by molar-refractivity contribution is -0.134. The van der Waals surface area contributed by atoms with Crippen molar-refractivity contribution in [3.05, 3.63) is 35.9 Å². The molecule has 3 aromatic rings. The van der Waals surface area contributed by atoms with Crippen molar-refractivity contribution >= 4 is 17.0 Å². The number of ether oxygens (including phenoxy) is 2. The van der Waals surface area contributed by atoms with Crippen LogP contribution in [0.2, 0.25) is 0 Å². The van der Waals surface area contributed by atoms with Crippen molar-refractivity contribution in [3.8, 4) is 28.6 Å². The third kappa shape index (κ3) is 4.34. The molecule has 8 heteroatoms. The molecule has 0 aliphatic heterocycles. The van der Waals surface area contributed by atoms with Gasteiger partial charge in [-0.2, -0.15) is 0 Å². The quantitative estimate of drug-likeness (QED) is 0.575. The van der Waals surface area contributed by atoms with E-state index in [2.05, 4.69) is 0 Å². The fourth-order valence-electron chi connectivity index (χ4n) is 2.81. The number of benzene rings is 2. The monoisotopic (exact) mass is 388 g/mol. The van der Waals surface area contributed by atoms with Gasteiger partial charge in [-0.15, -0.1) is 0 Å². The van der Waals surface area contributed by atoms with E-state index < -0.39 is 5.97 Å². The highest BCUT2D eigenvalue weighted by Gasteiger charge is 2.20. The number of rotatable bonds is 5. The number of aromatic nitrogens is 2. The van der Waals surface area contributed by atoms with Gasteiger partial charge in [-0.05, 0) is 25.1 Å². The minimum Gasteiger partial charge on any atom is -0.504 e. The van der Waals surface area contributed by atoms with Crippen molar-refractivity contribution < 1.29 is 29.6 Å². The summed E-state index contributed by atoms with van der Waals surface area (Å²) in [5.41, 5.74) is 3.08. The lowest BCUT2D eigenvalue weighted by Gasteiger charge is -2.14. The first-order chi connectivity index (χ1) is 13.3. The molecule has 8 nitrogen and oxygen atoms in total. The summed E-state index contributed by atoms with van der Waals surface area (Å²) in [6.07, 6.45) is 0. The first-order valence-electron chi connectivity index (χ1n) is 8.55. The molecule has 1 heterocycles. The van der Waals surface area contributed by atoms with E-state index >= 15 is 0 Å². The zero-order valence-corrected chi connectivity index (χ0v) is 16.3. The Morgan fingerprint density at radius 1 is 1.18 bits per heavy atom. The molecule has 0 bridgehead atoms. The number of carboxylic acid groups (broad SMARTS) is 1. The second-order valence-electron chi connectivity index (χ2n) is 6.04. The van der Waals surface area contributed by atoms with E-state index in [1.807, 2.05) is 28.8 Å². The van der Waals surface area contributed by atoms with Crippen LogP contribution in [0.4, 0.5) is 0 Å². The molecule has 0 saturated heterocycles. The minimum absolute atomic E-state index is 0.199. The fraction of sp³-hybridized carbons (Fsp3) is 0.300. The number of aromatic hydroxyl groups is 2. The predicted octanol–water partition coefficient (Wildman–Crippen LogP) is 3.17. The Balaban J connectivity index is 0.000000640. The SMILES string of the molecule is CC(=O)O.COCCn1c(-c2cc(OC)c(O)c(O)c2C)nc2ccccc21. The Labute approximate surface area is 162 Å². The van der Waals surface area contributed by atoms with Crippen LogP contribution in [0.5, 0.6) is 17.2 Å². The number of carboxylic acids is 1. The number of carbonyl (C=O) groups is 1. The van der Waals surface area contributed by atoms with Crippen LogP contribution in [0.3, 0.4) is 0 Å². The first-order valence-corrected chi connectivity index (χ1v) is 8.55. The molecular weight excluding hydrogens is 364 g/mol. The van der Waals surface area contributed by atoms with Crippen LogP contribution in [0.25, 0.3) is 22.4 Å². The lowest BCUT2D eigenvalue weighted by Crippen LogP contribution is -2.06. The van der Waals surface area contributed by atoms with E-state index in [1.165, 1.54) is 7.11 Å². The summed E-state index contributed by atoms with van der Waals surface area (Å²) in [6, 6.07) is 9.51. The van der Waals surface area contributed by atoms with Gasteiger partial charge in [0.15, 0.2) is 11.5 Å². The average molecular weight is 388 g/mol. The Hall–Kier alpha value is -3.26. The standard InChI is InChI=1S/C18H20N2O4.C2H4O2/c1-11-12(10-15(24-3)17(22)16(11)21)18-19-13-6-4-5-7-14(13)20(18)8-9-23-2;1-2(3)4/h4-7,10,21-22H,8-9H2,1-3H3;1H3,(H,3,4). The van der Waals surface area contributed by atoms with E-state index in [9.17, 15) is 10.2 Å². The molecule has 28 heavy (non-hydrogen) atoms. The van der Waals surface area contributed by atoms with Gasteiger partial charge in [-0.1, -0.05) is 12.1 Å². The second kappa shape index (κ2) is 9.09. The van der Waals surface area contributed by atoms with Crippen molar-refractivity contribution in [2.45, 2.75) is 20.4 Å². The van der Waals surface area contributed by atoms with Gasteiger partial charge >= 0.3 is 0 Å². The van der Waals surface area contributed by atoms with Gasteiger partial charge in [0, 0.05) is 31.7 Å². The molecule has 0 fully saturated rings. The average Bonchev–Trinajstić information content (AvgIpc) is 3.02. The van der Waals surface area contributed by atoms with Crippen LogP contribution in [-0.2, 0) is 16.1 Å². The Morgan fingerprint density at radius 3 is 2.43 bits per heavy atom. The summed E-state index contributed by atoms with van der Waals surface area (Å²) in [4.78, 5) is 13.7. The predicted molar refractivity (Wildman–Crippen MR) is 105 cm³/mol. The first kappa shape index (κ1) is 21.0. The molecule has 1 aromatic heterocycles. The van der Waals surface area contributed by atoms with Crippen molar-refractivity contribution in [3.63, 3.8) is 0 Å². The van der Waals surface area contributed by atoms with E-state index in [0.717, 1.165) is 18.0 Å². The number of nitrogens with zero attached hydrogens (tertiary/aromatic N) is 2. The second-order valence-corrected chi connectivity index (χ2v) is 6.04.